The highest BCUT2D eigenvalue weighted by Gasteiger charge is 1.91. The third-order valence-corrected chi connectivity index (χ3v) is 2.03. The molecule has 0 aliphatic heterocycles. The van der Waals surface area contributed by atoms with Gasteiger partial charge in [-0.1, -0.05) is 6.92 Å². The average molecular weight is 139 g/mol. The highest BCUT2D eigenvalue weighted by molar-refractivity contribution is 8.01. The zero-order chi connectivity index (χ0) is 5.70. The van der Waals surface area contributed by atoms with E-state index in [4.69, 9.17) is 11.6 Å². The van der Waals surface area contributed by atoms with Crippen LogP contribution in [0.5, 0.6) is 0 Å². The van der Waals surface area contributed by atoms with Gasteiger partial charge < -0.3 is 0 Å². The van der Waals surface area contributed by atoms with Crippen LogP contribution in [0.25, 0.3) is 0 Å². The summed E-state index contributed by atoms with van der Waals surface area (Å²) in [5, 5.41) is 0. The summed E-state index contributed by atoms with van der Waals surface area (Å²) in [4.78, 5) is 0. The first-order valence-electron chi connectivity index (χ1n) is 2.53. The molecule has 7 heavy (non-hydrogen) atoms. The van der Waals surface area contributed by atoms with Crippen LogP contribution >= 0.6 is 23.4 Å². The molecule has 1 atom stereocenters. The van der Waals surface area contributed by atoms with Crippen molar-refractivity contribution in [1.29, 1.82) is 0 Å². The maximum atomic E-state index is 5.62. The first-order chi connectivity index (χ1) is 3.27. The van der Waals surface area contributed by atoms with Crippen LogP contribution < -0.4 is 0 Å². The summed E-state index contributed by atoms with van der Waals surface area (Å²) >= 11 is 7.42. The predicted octanol–water partition coefficient (Wildman–Crippen LogP) is 2.71. The molecule has 0 saturated heterocycles. The van der Waals surface area contributed by atoms with Crippen molar-refractivity contribution in [2.24, 2.45) is 0 Å². The van der Waals surface area contributed by atoms with Crippen LogP contribution in [0.1, 0.15) is 20.3 Å². The molecule has 0 spiro atoms. The minimum Gasteiger partial charge on any atom is -0.143 e. The van der Waals surface area contributed by atoms with Crippen molar-refractivity contribution in [1.82, 2.24) is 0 Å². The molecular formula is C5H11ClS. The standard InChI is InChI=1S/C5H11ClS/c1-3-4-7-5(2)6/h5H,3-4H2,1-2H3. The fourth-order valence-electron chi connectivity index (χ4n) is 0.280. The molecule has 0 aromatic rings. The Morgan fingerprint density at radius 1 is 1.71 bits per heavy atom. The maximum Gasteiger partial charge on any atom is 0.0760 e. The van der Waals surface area contributed by atoms with Gasteiger partial charge in [0, 0.05) is 0 Å². The van der Waals surface area contributed by atoms with Crippen molar-refractivity contribution < 1.29 is 0 Å². The highest BCUT2D eigenvalue weighted by Crippen LogP contribution is 2.13. The Kier molecular flexibility index (Phi) is 5.23. The Bertz CT molecular complexity index is 37.1. The molecule has 0 N–H and O–H groups in total. The van der Waals surface area contributed by atoms with Crippen LogP contribution in [0.15, 0.2) is 0 Å². The lowest BCUT2D eigenvalue weighted by atomic mass is 10.6. The molecule has 0 fully saturated rings. The lowest BCUT2D eigenvalue weighted by Crippen LogP contribution is -1.82. The van der Waals surface area contributed by atoms with Crippen LogP contribution in [-0.4, -0.2) is 10.5 Å². The minimum absolute atomic E-state index is 0.292. The largest absolute Gasteiger partial charge is 0.143 e. The Hall–Kier alpha value is 0.640. The van der Waals surface area contributed by atoms with E-state index in [1.165, 1.54) is 12.2 Å². The van der Waals surface area contributed by atoms with Crippen LogP contribution in [0.3, 0.4) is 0 Å². The van der Waals surface area contributed by atoms with Gasteiger partial charge in [-0.25, -0.2) is 0 Å². The van der Waals surface area contributed by atoms with E-state index in [1.807, 2.05) is 6.92 Å². The summed E-state index contributed by atoms with van der Waals surface area (Å²) in [6.07, 6.45) is 1.22. The lowest BCUT2D eigenvalue weighted by Gasteiger charge is -1.96. The van der Waals surface area contributed by atoms with Crippen molar-refractivity contribution >= 4 is 23.4 Å². The normalized spacial score (nSPS) is 14.1. The van der Waals surface area contributed by atoms with Crippen LogP contribution in [0.4, 0.5) is 0 Å². The molecule has 0 aliphatic rings. The van der Waals surface area contributed by atoms with Gasteiger partial charge in [-0.05, 0) is 19.1 Å². The Morgan fingerprint density at radius 3 is 2.43 bits per heavy atom. The third-order valence-electron chi connectivity index (χ3n) is 0.552. The number of hydrogen-bond donors (Lipinski definition) is 0. The maximum absolute atomic E-state index is 5.62. The van der Waals surface area contributed by atoms with Crippen LogP contribution in [0.2, 0.25) is 0 Å². The van der Waals surface area contributed by atoms with E-state index in [2.05, 4.69) is 6.92 Å². The van der Waals surface area contributed by atoms with E-state index < -0.39 is 0 Å². The molecule has 0 saturated carbocycles. The smallest absolute Gasteiger partial charge is 0.0760 e. The second-order valence-electron chi connectivity index (χ2n) is 1.41. The van der Waals surface area contributed by atoms with Crippen molar-refractivity contribution in [2.75, 3.05) is 5.75 Å². The van der Waals surface area contributed by atoms with E-state index in [-0.39, 0.29) is 0 Å². The summed E-state index contributed by atoms with van der Waals surface area (Å²) in [5.41, 5.74) is 0. The van der Waals surface area contributed by atoms with E-state index >= 15 is 0 Å². The SMILES string of the molecule is CCCSC(C)Cl. The van der Waals surface area contributed by atoms with Crippen molar-refractivity contribution in [3.63, 3.8) is 0 Å². The zero-order valence-electron chi connectivity index (χ0n) is 4.78. The Balaban J connectivity index is 2.68. The molecule has 0 bridgehead atoms. The molecule has 0 radical (unpaired) electrons. The van der Waals surface area contributed by atoms with Gasteiger partial charge in [0.1, 0.15) is 0 Å². The van der Waals surface area contributed by atoms with E-state index in [9.17, 15) is 0 Å². The van der Waals surface area contributed by atoms with Gasteiger partial charge in [-0.3, -0.25) is 0 Å². The van der Waals surface area contributed by atoms with Gasteiger partial charge in [0.2, 0.25) is 0 Å². The Labute approximate surface area is 54.6 Å². The van der Waals surface area contributed by atoms with Crippen molar-refractivity contribution in [3.8, 4) is 0 Å². The van der Waals surface area contributed by atoms with E-state index in [0.717, 1.165) is 0 Å². The van der Waals surface area contributed by atoms with Gasteiger partial charge in [-0.15, -0.1) is 23.4 Å². The third kappa shape index (κ3) is 6.64. The molecule has 0 aromatic carbocycles. The predicted molar refractivity (Wildman–Crippen MR) is 38.1 cm³/mol. The molecule has 0 amide bonds. The quantitative estimate of drug-likeness (QED) is 0.541. The van der Waals surface area contributed by atoms with Crippen molar-refractivity contribution in [2.45, 2.75) is 25.0 Å². The second kappa shape index (κ2) is 4.79. The van der Waals surface area contributed by atoms with Gasteiger partial charge in [0.25, 0.3) is 0 Å². The fraction of sp³-hybridized carbons (Fsp3) is 1.00. The summed E-state index contributed by atoms with van der Waals surface area (Å²) < 4.78 is 0.292. The average Bonchev–Trinajstić information content (AvgIpc) is 1.61. The fourth-order valence-corrected chi connectivity index (χ4v) is 1.11. The first kappa shape index (κ1) is 7.64. The monoisotopic (exact) mass is 138 g/mol. The van der Waals surface area contributed by atoms with Crippen LogP contribution in [-0.2, 0) is 0 Å². The zero-order valence-corrected chi connectivity index (χ0v) is 6.35. The van der Waals surface area contributed by atoms with E-state index in [1.54, 1.807) is 11.8 Å². The molecule has 0 heterocycles. The molecule has 0 rings (SSSR count). The van der Waals surface area contributed by atoms with Gasteiger partial charge in [-0.2, -0.15) is 0 Å². The number of thioether (sulfide) groups is 1. The molecule has 2 heteroatoms. The number of halogens is 1. The van der Waals surface area contributed by atoms with Gasteiger partial charge >= 0.3 is 0 Å². The summed E-state index contributed by atoms with van der Waals surface area (Å²) in [5.74, 6) is 1.19. The molecule has 0 nitrogen and oxygen atoms in total. The molecule has 44 valence electrons. The molecule has 0 aliphatic carbocycles. The van der Waals surface area contributed by atoms with Gasteiger partial charge in [0.05, 0.1) is 4.71 Å². The minimum atomic E-state index is 0.292. The lowest BCUT2D eigenvalue weighted by molar-refractivity contribution is 1.10. The topological polar surface area (TPSA) is 0 Å². The van der Waals surface area contributed by atoms with E-state index in [0.29, 0.717) is 4.71 Å². The second-order valence-corrected chi connectivity index (χ2v) is 3.78. The summed E-state index contributed by atoms with van der Waals surface area (Å²) in [6, 6.07) is 0. The first-order valence-corrected chi connectivity index (χ1v) is 4.01. The molecule has 0 aromatic heterocycles. The van der Waals surface area contributed by atoms with Crippen LogP contribution in [0, 0.1) is 0 Å². The number of alkyl halides is 1. The number of rotatable bonds is 3. The highest BCUT2D eigenvalue weighted by atomic mass is 35.5. The van der Waals surface area contributed by atoms with Gasteiger partial charge in [0.15, 0.2) is 0 Å². The number of hydrogen-bond acceptors (Lipinski definition) is 1. The molecular weight excluding hydrogens is 128 g/mol. The molecule has 1 unspecified atom stereocenters. The summed E-state index contributed by atoms with van der Waals surface area (Å²) in [7, 11) is 0. The van der Waals surface area contributed by atoms with Crippen molar-refractivity contribution in [3.05, 3.63) is 0 Å². The summed E-state index contributed by atoms with van der Waals surface area (Å²) in [6.45, 7) is 4.16. The Morgan fingerprint density at radius 2 is 2.29 bits per heavy atom.